The standard InChI is InChI=1S/C24H25FN2O5/c1-15-4-8-18(25)22(11-15)31-13-20(28)16-5-9-21-19(12-16)27(24(30)14-32-21)10-2-3-23(29)26-17-6-7-17/h4-5,8-9,11-12,17H,2-3,6-7,10,13-14H2,1H3,(H,26,29). The molecule has 0 radical (unpaired) electrons. The molecule has 1 saturated carbocycles. The van der Waals surface area contributed by atoms with Crippen molar-refractivity contribution in [2.24, 2.45) is 0 Å². The number of nitrogens with zero attached hydrogens (tertiary/aromatic N) is 1. The van der Waals surface area contributed by atoms with Crippen LogP contribution in [-0.2, 0) is 9.59 Å². The van der Waals surface area contributed by atoms with Crippen molar-refractivity contribution >= 4 is 23.3 Å². The Morgan fingerprint density at radius 1 is 1.22 bits per heavy atom. The van der Waals surface area contributed by atoms with E-state index in [1.807, 2.05) is 0 Å². The van der Waals surface area contributed by atoms with Crippen molar-refractivity contribution in [3.63, 3.8) is 0 Å². The van der Waals surface area contributed by atoms with Gasteiger partial charge in [0.1, 0.15) is 5.75 Å². The van der Waals surface area contributed by atoms with E-state index in [2.05, 4.69) is 5.32 Å². The van der Waals surface area contributed by atoms with E-state index in [-0.39, 0.29) is 36.6 Å². The van der Waals surface area contributed by atoms with Gasteiger partial charge in [0.15, 0.2) is 30.6 Å². The Labute approximate surface area is 185 Å². The molecule has 2 aromatic carbocycles. The zero-order valence-electron chi connectivity index (χ0n) is 17.9. The Kier molecular flexibility index (Phi) is 6.39. The van der Waals surface area contributed by atoms with Gasteiger partial charge in [-0.15, -0.1) is 0 Å². The Balaban J connectivity index is 1.41. The molecule has 0 saturated heterocycles. The lowest BCUT2D eigenvalue weighted by molar-refractivity contribution is -0.122. The molecule has 0 bridgehead atoms. The van der Waals surface area contributed by atoms with Crippen LogP contribution in [0.15, 0.2) is 36.4 Å². The molecule has 7 nitrogen and oxygen atoms in total. The monoisotopic (exact) mass is 440 g/mol. The summed E-state index contributed by atoms with van der Waals surface area (Å²) in [4.78, 5) is 38.5. The number of fused-ring (bicyclic) bond motifs is 1. The van der Waals surface area contributed by atoms with Gasteiger partial charge in [0.2, 0.25) is 5.91 Å². The number of halogens is 1. The second-order valence-electron chi connectivity index (χ2n) is 8.11. The minimum atomic E-state index is -0.537. The first kappa shape index (κ1) is 21.8. The highest BCUT2D eigenvalue weighted by Gasteiger charge is 2.27. The van der Waals surface area contributed by atoms with Gasteiger partial charge in [-0.25, -0.2) is 4.39 Å². The molecule has 1 fully saturated rings. The molecule has 1 heterocycles. The number of nitrogens with one attached hydrogen (secondary N) is 1. The molecule has 0 atom stereocenters. The molecule has 1 N–H and O–H groups in total. The summed E-state index contributed by atoms with van der Waals surface area (Å²) in [5.41, 5.74) is 1.63. The summed E-state index contributed by atoms with van der Waals surface area (Å²) in [6, 6.07) is 9.55. The number of ether oxygens (including phenoxy) is 2. The molecule has 0 unspecified atom stereocenters. The van der Waals surface area contributed by atoms with Gasteiger partial charge < -0.3 is 19.7 Å². The molecule has 8 heteroatoms. The number of hydrogen-bond acceptors (Lipinski definition) is 5. The number of aryl methyl sites for hydroxylation is 1. The number of Topliss-reactive ketones (excluding diaryl/α,β-unsaturated/α-hetero) is 1. The van der Waals surface area contributed by atoms with Crippen LogP contribution < -0.4 is 19.7 Å². The third kappa shape index (κ3) is 5.25. The van der Waals surface area contributed by atoms with Crippen LogP contribution >= 0.6 is 0 Å². The lowest BCUT2D eigenvalue weighted by atomic mass is 10.1. The summed E-state index contributed by atoms with van der Waals surface area (Å²) in [6.07, 6.45) is 2.87. The van der Waals surface area contributed by atoms with E-state index in [9.17, 15) is 18.8 Å². The Morgan fingerprint density at radius 2 is 2.03 bits per heavy atom. The highest BCUT2D eigenvalue weighted by molar-refractivity contribution is 6.02. The zero-order valence-corrected chi connectivity index (χ0v) is 17.9. The van der Waals surface area contributed by atoms with Gasteiger partial charge in [0.05, 0.1) is 5.69 Å². The number of ketones is 1. The first-order chi connectivity index (χ1) is 15.4. The molecule has 0 aromatic heterocycles. The molecule has 4 rings (SSSR count). The van der Waals surface area contributed by atoms with E-state index in [1.165, 1.54) is 12.1 Å². The highest BCUT2D eigenvalue weighted by atomic mass is 19.1. The fraction of sp³-hybridized carbons (Fsp3) is 0.375. The smallest absolute Gasteiger partial charge is 0.265 e. The Hall–Kier alpha value is -3.42. The largest absolute Gasteiger partial charge is 0.482 e. The molecule has 0 spiro atoms. The number of anilines is 1. The molecule has 32 heavy (non-hydrogen) atoms. The van der Waals surface area contributed by atoms with E-state index < -0.39 is 5.82 Å². The fourth-order valence-electron chi connectivity index (χ4n) is 3.49. The maximum absolute atomic E-state index is 13.9. The number of rotatable bonds is 9. The summed E-state index contributed by atoms with van der Waals surface area (Å²) in [6.45, 7) is 1.72. The second kappa shape index (κ2) is 9.38. The van der Waals surface area contributed by atoms with Crippen LogP contribution in [0.25, 0.3) is 0 Å². The van der Waals surface area contributed by atoms with Crippen LogP contribution in [0.1, 0.15) is 41.6 Å². The SMILES string of the molecule is Cc1ccc(F)c(OCC(=O)c2ccc3c(c2)N(CCCC(=O)NC2CC2)C(=O)CO3)c1. The average molecular weight is 440 g/mol. The molecule has 2 aromatic rings. The molecule has 1 aliphatic carbocycles. The van der Waals surface area contributed by atoms with Gasteiger partial charge in [-0.05, 0) is 62.1 Å². The van der Waals surface area contributed by atoms with Crippen molar-refractivity contribution in [2.75, 3.05) is 24.7 Å². The van der Waals surface area contributed by atoms with Crippen molar-refractivity contribution in [1.29, 1.82) is 0 Å². The quantitative estimate of drug-likeness (QED) is 0.606. The lowest BCUT2D eigenvalue weighted by Gasteiger charge is -2.29. The van der Waals surface area contributed by atoms with Gasteiger partial charge in [-0.2, -0.15) is 0 Å². The number of carbonyl (C=O) groups excluding carboxylic acids is 3. The molecule has 1 aliphatic heterocycles. The molecule has 168 valence electrons. The summed E-state index contributed by atoms with van der Waals surface area (Å²) in [5, 5.41) is 2.93. The van der Waals surface area contributed by atoms with Crippen LogP contribution in [-0.4, -0.2) is 43.4 Å². The summed E-state index contributed by atoms with van der Waals surface area (Å²) >= 11 is 0. The molecule has 2 aliphatic rings. The summed E-state index contributed by atoms with van der Waals surface area (Å²) in [5.74, 6) is -0.629. The number of benzene rings is 2. The summed E-state index contributed by atoms with van der Waals surface area (Å²) in [7, 11) is 0. The van der Waals surface area contributed by atoms with Crippen molar-refractivity contribution in [3.05, 3.63) is 53.3 Å². The average Bonchev–Trinajstić information content (AvgIpc) is 3.59. The lowest BCUT2D eigenvalue weighted by Crippen LogP contribution is -2.40. The van der Waals surface area contributed by atoms with E-state index in [0.717, 1.165) is 18.4 Å². The maximum Gasteiger partial charge on any atom is 0.265 e. The van der Waals surface area contributed by atoms with Crippen molar-refractivity contribution in [2.45, 2.75) is 38.6 Å². The van der Waals surface area contributed by atoms with Gasteiger partial charge in [0, 0.05) is 24.6 Å². The Bertz CT molecular complexity index is 1050. The first-order valence-corrected chi connectivity index (χ1v) is 10.7. The van der Waals surface area contributed by atoms with E-state index in [4.69, 9.17) is 9.47 Å². The minimum Gasteiger partial charge on any atom is -0.482 e. The van der Waals surface area contributed by atoms with Gasteiger partial charge in [0.25, 0.3) is 5.91 Å². The van der Waals surface area contributed by atoms with Crippen LogP contribution in [0, 0.1) is 12.7 Å². The molecule has 2 amide bonds. The minimum absolute atomic E-state index is 0.0147. The third-order valence-corrected chi connectivity index (χ3v) is 5.40. The second-order valence-corrected chi connectivity index (χ2v) is 8.11. The number of amides is 2. The molecular formula is C24H25FN2O5. The van der Waals surface area contributed by atoms with Crippen LogP contribution in [0.4, 0.5) is 10.1 Å². The number of carbonyl (C=O) groups is 3. The predicted octanol–water partition coefficient (Wildman–Crippen LogP) is 3.18. The van der Waals surface area contributed by atoms with Crippen molar-refractivity contribution in [3.8, 4) is 11.5 Å². The normalized spacial score (nSPS) is 15.1. The zero-order chi connectivity index (χ0) is 22.7. The van der Waals surface area contributed by atoms with Gasteiger partial charge >= 0.3 is 0 Å². The van der Waals surface area contributed by atoms with Crippen LogP contribution in [0.5, 0.6) is 11.5 Å². The number of hydrogen-bond donors (Lipinski definition) is 1. The Morgan fingerprint density at radius 3 is 2.81 bits per heavy atom. The molecular weight excluding hydrogens is 415 g/mol. The van der Waals surface area contributed by atoms with E-state index in [1.54, 1.807) is 36.1 Å². The summed E-state index contributed by atoms with van der Waals surface area (Å²) < 4.78 is 24.7. The van der Waals surface area contributed by atoms with Crippen molar-refractivity contribution in [1.82, 2.24) is 5.32 Å². The van der Waals surface area contributed by atoms with Crippen molar-refractivity contribution < 1.29 is 28.2 Å². The first-order valence-electron chi connectivity index (χ1n) is 10.7. The fourth-order valence-corrected chi connectivity index (χ4v) is 3.49. The van der Waals surface area contributed by atoms with Crippen LogP contribution in [0.2, 0.25) is 0 Å². The maximum atomic E-state index is 13.9. The van der Waals surface area contributed by atoms with Gasteiger partial charge in [-0.1, -0.05) is 6.07 Å². The third-order valence-electron chi connectivity index (χ3n) is 5.40. The van der Waals surface area contributed by atoms with E-state index >= 15 is 0 Å². The highest BCUT2D eigenvalue weighted by Crippen LogP contribution is 2.33. The predicted molar refractivity (Wildman–Crippen MR) is 116 cm³/mol. The van der Waals surface area contributed by atoms with Gasteiger partial charge in [-0.3, -0.25) is 14.4 Å². The van der Waals surface area contributed by atoms with Crippen LogP contribution in [0.3, 0.4) is 0 Å². The van der Waals surface area contributed by atoms with E-state index in [0.29, 0.717) is 42.4 Å². The topological polar surface area (TPSA) is 84.9 Å².